The van der Waals surface area contributed by atoms with Gasteiger partial charge < -0.3 is 9.47 Å². The van der Waals surface area contributed by atoms with Crippen molar-refractivity contribution < 1.29 is 14.3 Å². The van der Waals surface area contributed by atoms with Gasteiger partial charge in [-0.2, -0.15) is 0 Å². The lowest BCUT2D eigenvalue weighted by molar-refractivity contribution is -0.167. The van der Waals surface area contributed by atoms with Crippen molar-refractivity contribution in [3.8, 4) is 0 Å². The van der Waals surface area contributed by atoms with Gasteiger partial charge in [-0.15, -0.1) is 0 Å². The van der Waals surface area contributed by atoms with Gasteiger partial charge in [0.05, 0.1) is 6.10 Å². The first-order valence-corrected chi connectivity index (χ1v) is 6.72. The van der Waals surface area contributed by atoms with Gasteiger partial charge in [0.2, 0.25) is 0 Å². The van der Waals surface area contributed by atoms with Crippen molar-refractivity contribution in [2.24, 2.45) is 17.8 Å². The monoisotopic (exact) mass is 234 g/mol. The van der Waals surface area contributed by atoms with Crippen molar-refractivity contribution in [1.82, 2.24) is 0 Å². The maximum atomic E-state index is 11.9. The zero-order chi connectivity index (χ0) is 11.8. The Kier molecular flexibility index (Phi) is 1.75. The molecule has 4 rings (SSSR count). The lowest BCUT2D eigenvalue weighted by atomic mass is 9.58. The van der Waals surface area contributed by atoms with E-state index in [2.05, 4.69) is 13.5 Å². The van der Waals surface area contributed by atoms with Crippen LogP contribution in [0.2, 0.25) is 0 Å². The number of hydrogen-bond acceptors (Lipinski definition) is 3. The Morgan fingerprint density at radius 2 is 2.12 bits per heavy atom. The first-order chi connectivity index (χ1) is 8.14. The molecule has 0 bridgehead atoms. The Morgan fingerprint density at radius 1 is 1.29 bits per heavy atom. The van der Waals surface area contributed by atoms with E-state index in [0.717, 1.165) is 19.3 Å². The molecule has 0 aromatic rings. The van der Waals surface area contributed by atoms with Crippen LogP contribution in [0.1, 0.15) is 32.6 Å². The Labute approximate surface area is 101 Å². The number of carbonyl (C=O) groups excluding carboxylic acids is 1. The van der Waals surface area contributed by atoms with Crippen molar-refractivity contribution in [2.75, 3.05) is 0 Å². The minimum Gasteiger partial charge on any atom is -0.452 e. The first-order valence-electron chi connectivity index (χ1n) is 6.72. The van der Waals surface area contributed by atoms with Crippen molar-refractivity contribution >= 4 is 5.97 Å². The number of fused-ring (bicyclic) bond motifs is 1. The second-order valence-electron chi connectivity index (χ2n) is 6.15. The molecule has 92 valence electrons. The van der Waals surface area contributed by atoms with E-state index in [-0.39, 0.29) is 23.6 Å². The Balaban J connectivity index is 1.82. The predicted octanol–water partition coefficient (Wildman–Crippen LogP) is 2.06. The van der Waals surface area contributed by atoms with Crippen molar-refractivity contribution in [2.45, 2.75) is 50.4 Å². The minimum atomic E-state index is -0.339. The van der Waals surface area contributed by atoms with E-state index in [4.69, 9.17) is 9.47 Å². The van der Waals surface area contributed by atoms with Gasteiger partial charge >= 0.3 is 5.97 Å². The molecule has 6 atom stereocenters. The highest BCUT2D eigenvalue weighted by Gasteiger charge is 2.72. The quantitative estimate of drug-likeness (QED) is 0.366. The zero-order valence-electron chi connectivity index (χ0n) is 10.1. The van der Waals surface area contributed by atoms with Crippen LogP contribution in [0.3, 0.4) is 0 Å². The Hall–Kier alpha value is -0.830. The third-order valence-electron chi connectivity index (χ3n) is 5.46. The van der Waals surface area contributed by atoms with E-state index in [9.17, 15) is 4.79 Å². The van der Waals surface area contributed by atoms with Crippen molar-refractivity contribution in [1.29, 1.82) is 0 Å². The normalized spacial score (nSPS) is 55.7. The molecule has 4 fully saturated rings. The molecular formula is C14H18O3. The lowest BCUT2D eigenvalue weighted by Gasteiger charge is -2.48. The smallest absolute Gasteiger partial charge is 0.334 e. The molecule has 0 N–H and O–H groups in total. The second-order valence-corrected chi connectivity index (χ2v) is 6.15. The predicted molar refractivity (Wildman–Crippen MR) is 61.2 cm³/mol. The summed E-state index contributed by atoms with van der Waals surface area (Å²) < 4.78 is 11.6. The van der Waals surface area contributed by atoms with Crippen molar-refractivity contribution in [3.63, 3.8) is 0 Å². The summed E-state index contributed by atoms with van der Waals surface area (Å²) in [6.45, 7) is 6.25. The maximum Gasteiger partial charge on any atom is 0.334 e. The highest BCUT2D eigenvalue weighted by molar-refractivity contribution is 5.91. The fourth-order valence-corrected chi connectivity index (χ4v) is 4.60. The molecule has 3 nitrogen and oxygen atoms in total. The third kappa shape index (κ3) is 1.05. The van der Waals surface area contributed by atoms with E-state index >= 15 is 0 Å². The molecule has 0 aromatic carbocycles. The zero-order valence-corrected chi connectivity index (χ0v) is 10.1. The van der Waals surface area contributed by atoms with E-state index in [1.54, 1.807) is 0 Å². The van der Waals surface area contributed by atoms with Gasteiger partial charge in [0.25, 0.3) is 0 Å². The van der Waals surface area contributed by atoms with Gasteiger partial charge in [0.1, 0.15) is 6.10 Å². The molecule has 2 saturated carbocycles. The van der Waals surface area contributed by atoms with E-state index in [1.807, 2.05) is 0 Å². The van der Waals surface area contributed by atoms with E-state index in [0.29, 0.717) is 23.5 Å². The van der Waals surface area contributed by atoms with E-state index < -0.39 is 0 Å². The molecule has 2 aliphatic carbocycles. The summed E-state index contributed by atoms with van der Waals surface area (Å²) in [7, 11) is 0. The Morgan fingerprint density at radius 3 is 2.94 bits per heavy atom. The molecular weight excluding hydrogens is 216 g/mol. The van der Waals surface area contributed by atoms with Crippen LogP contribution >= 0.6 is 0 Å². The topological polar surface area (TPSA) is 38.8 Å². The average molecular weight is 234 g/mol. The van der Waals surface area contributed by atoms with Crippen LogP contribution in [0, 0.1) is 17.8 Å². The van der Waals surface area contributed by atoms with Gasteiger partial charge in [-0.3, -0.25) is 0 Å². The molecule has 3 heteroatoms. The summed E-state index contributed by atoms with van der Waals surface area (Å²) >= 11 is 0. The highest BCUT2D eigenvalue weighted by Crippen LogP contribution is 2.62. The fraction of sp³-hybridized carbons (Fsp3) is 0.786. The van der Waals surface area contributed by atoms with Gasteiger partial charge in [0.15, 0.2) is 5.60 Å². The molecule has 4 aliphatic rings. The minimum absolute atomic E-state index is 0.164. The molecule has 0 radical (unpaired) electrons. The summed E-state index contributed by atoms with van der Waals surface area (Å²) in [5.41, 5.74) is 0.354. The lowest BCUT2D eigenvalue weighted by Crippen LogP contribution is -2.56. The highest BCUT2D eigenvalue weighted by atomic mass is 16.6. The fourth-order valence-electron chi connectivity index (χ4n) is 4.60. The molecule has 2 aliphatic heterocycles. The molecule has 0 aromatic heterocycles. The van der Waals surface area contributed by atoms with E-state index in [1.165, 1.54) is 6.42 Å². The number of carbonyl (C=O) groups is 1. The van der Waals surface area contributed by atoms with Crippen LogP contribution in [0.25, 0.3) is 0 Å². The molecule has 2 saturated heterocycles. The molecule has 0 amide bonds. The summed E-state index contributed by atoms with van der Waals surface area (Å²) in [5, 5.41) is 0. The third-order valence-corrected chi connectivity index (χ3v) is 5.46. The number of ether oxygens (including phenoxy) is 2. The van der Waals surface area contributed by atoms with Crippen molar-refractivity contribution in [3.05, 3.63) is 12.2 Å². The molecule has 1 spiro atoms. The van der Waals surface area contributed by atoms with Crippen LogP contribution in [-0.4, -0.2) is 23.8 Å². The van der Waals surface area contributed by atoms with Crippen LogP contribution in [0.15, 0.2) is 12.2 Å². The van der Waals surface area contributed by atoms with Crippen LogP contribution < -0.4 is 0 Å². The van der Waals surface area contributed by atoms with Gasteiger partial charge in [0, 0.05) is 17.4 Å². The van der Waals surface area contributed by atoms with Gasteiger partial charge in [-0.25, -0.2) is 4.79 Å². The molecule has 1 unspecified atom stereocenters. The van der Waals surface area contributed by atoms with Gasteiger partial charge in [-0.1, -0.05) is 13.5 Å². The summed E-state index contributed by atoms with van der Waals surface area (Å²) in [4.78, 5) is 11.9. The average Bonchev–Trinajstić information content (AvgIpc) is 3.04. The number of esters is 1. The number of epoxide rings is 1. The maximum absolute atomic E-state index is 11.9. The largest absolute Gasteiger partial charge is 0.452 e. The molecule has 2 heterocycles. The first kappa shape index (κ1) is 10.1. The number of rotatable bonds is 0. The number of hydrogen-bond donors (Lipinski definition) is 0. The van der Waals surface area contributed by atoms with Gasteiger partial charge in [-0.05, 0) is 31.6 Å². The second kappa shape index (κ2) is 2.94. The van der Waals surface area contributed by atoms with Crippen LogP contribution in [0.4, 0.5) is 0 Å². The Bertz CT molecular complexity index is 416. The summed E-state index contributed by atoms with van der Waals surface area (Å²) in [6.07, 6.45) is 5.01. The van der Waals surface area contributed by atoms with Crippen LogP contribution in [0.5, 0.6) is 0 Å². The van der Waals surface area contributed by atoms with Crippen LogP contribution in [-0.2, 0) is 14.3 Å². The summed E-state index contributed by atoms with van der Waals surface area (Å²) in [5.74, 6) is 1.15. The SMILES string of the molecule is C=C1C(=O)OC23[C@@H]4O[C@@H]4CC[C@H]2[C@H](C)CC[C@@H]13. The summed E-state index contributed by atoms with van der Waals surface area (Å²) in [6, 6.07) is 0. The standard InChI is InChI=1S/C14H18O3/c1-7-3-4-10-8(2)13(15)17-14(10)9(7)5-6-11-12(14)16-11/h7,9-12H,2-6H2,1H3/t7-,9+,10+,11-,12-,14?/m1/s1. The molecule has 17 heavy (non-hydrogen) atoms.